The summed E-state index contributed by atoms with van der Waals surface area (Å²) in [7, 11) is 0. The molecule has 1 heterocycles. The van der Waals surface area contributed by atoms with Crippen molar-refractivity contribution in [1.29, 1.82) is 0 Å². The van der Waals surface area contributed by atoms with Crippen molar-refractivity contribution < 1.29 is 17.6 Å². The number of nitrogens with two attached hydrogens (primary N) is 2. The molecule has 0 amide bonds. The van der Waals surface area contributed by atoms with E-state index in [2.05, 4.69) is 9.97 Å². The molecular weight excluding hydrogens is 192 g/mol. The Kier molecular flexibility index (Phi) is 1.98. The van der Waals surface area contributed by atoms with E-state index in [4.69, 9.17) is 11.5 Å². The molecule has 13 heavy (non-hydrogen) atoms. The molecule has 0 aliphatic heterocycles. The normalized spacial score (nSPS) is 11.7. The third-order valence-electron chi connectivity index (χ3n) is 1.19. The van der Waals surface area contributed by atoms with Gasteiger partial charge in [0.15, 0.2) is 5.56 Å². The summed E-state index contributed by atoms with van der Waals surface area (Å²) in [5, 5.41) is 0. The number of nitrogen functional groups attached to an aromatic ring is 2. The summed E-state index contributed by atoms with van der Waals surface area (Å²) in [5.74, 6) is -3.42. The first-order chi connectivity index (χ1) is 5.82. The second-order valence-electron chi connectivity index (χ2n) is 2.13. The highest BCUT2D eigenvalue weighted by Gasteiger charge is 2.38. The fraction of sp³-hybridized carbons (Fsp3) is 0.200. The molecule has 8 heteroatoms. The molecule has 1 aromatic heterocycles. The Hall–Kier alpha value is -1.60. The lowest BCUT2D eigenvalue weighted by Gasteiger charge is -2.09. The van der Waals surface area contributed by atoms with Crippen molar-refractivity contribution in [3.8, 4) is 0 Å². The minimum absolute atomic E-state index is 0.636. The third kappa shape index (κ3) is 1.76. The number of anilines is 2. The van der Waals surface area contributed by atoms with Gasteiger partial charge in [0.05, 0.1) is 0 Å². The number of hydrogen-bond acceptors (Lipinski definition) is 4. The van der Waals surface area contributed by atoms with Crippen molar-refractivity contribution in [3.63, 3.8) is 0 Å². The van der Waals surface area contributed by atoms with Crippen LogP contribution in [-0.2, 0) is 6.18 Å². The van der Waals surface area contributed by atoms with Gasteiger partial charge in [-0.3, -0.25) is 0 Å². The van der Waals surface area contributed by atoms with Gasteiger partial charge in [-0.25, -0.2) is 0 Å². The standard InChI is InChI=1S/C5H4F4N4/c6-2-1(5(7,8)9)3(10)13-4(11)12-2/h(H4,10,11,12,13). The van der Waals surface area contributed by atoms with E-state index in [-0.39, 0.29) is 0 Å². The zero-order chi connectivity index (χ0) is 10.2. The first-order valence-corrected chi connectivity index (χ1v) is 2.98. The summed E-state index contributed by atoms with van der Waals surface area (Å²) in [6.07, 6.45) is -4.91. The molecule has 4 nitrogen and oxygen atoms in total. The summed E-state index contributed by atoms with van der Waals surface area (Å²) in [4.78, 5) is 5.69. The van der Waals surface area contributed by atoms with Crippen molar-refractivity contribution in [3.05, 3.63) is 11.5 Å². The minimum Gasteiger partial charge on any atom is -0.383 e. The molecule has 0 spiro atoms. The second kappa shape index (κ2) is 2.71. The number of halogens is 4. The lowest BCUT2D eigenvalue weighted by molar-refractivity contribution is -0.139. The Morgan fingerprint density at radius 1 is 1.08 bits per heavy atom. The number of hydrogen-bond donors (Lipinski definition) is 2. The molecule has 0 saturated carbocycles. The van der Waals surface area contributed by atoms with Gasteiger partial charge in [-0.1, -0.05) is 0 Å². The van der Waals surface area contributed by atoms with E-state index in [9.17, 15) is 17.6 Å². The average molecular weight is 196 g/mol. The van der Waals surface area contributed by atoms with Gasteiger partial charge < -0.3 is 11.5 Å². The van der Waals surface area contributed by atoms with Crippen LogP contribution in [0.3, 0.4) is 0 Å². The SMILES string of the molecule is Nc1nc(N)c(C(F)(F)F)c(F)n1. The van der Waals surface area contributed by atoms with Gasteiger partial charge >= 0.3 is 6.18 Å². The van der Waals surface area contributed by atoms with E-state index in [1.807, 2.05) is 0 Å². The van der Waals surface area contributed by atoms with Crippen LogP contribution in [0.5, 0.6) is 0 Å². The van der Waals surface area contributed by atoms with Crippen LogP contribution in [-0.4, -0.2) is 9.97 Å². The van der Waals surface area contributed by atoms with Gasteiger partial charge in [-0.2, -0.15) is 27.5 Å². The largest absolute Gasteiger partial charge is 0.424 e. The van der Waals surface area contributed by atoms with Gasteiger partial charge in [0.25, 0.3) is 0 Å². The fourth-order valence-electron chi connectivity index (χ4n) is 0.729. The van der Waals surface area contributed by atoms with Crippen LogP contribution >= 0.6 is 0 Å². The molecule has 72 valence electrons. The Morgan fingerprint density at radius 3 is 2.00 bits per heavy atom. The number of rotatable bonds is 0. The Morgan fingerprint density at radius 2 is 1.62 bits per heavy atom. The molecular formula is C5H4F4N4. The van der Waals surface area contributed by atoms with Crippen molar-refractivity contribution in [2.24, 2.45) is 0 Å². The van der Waals surface area contributed by atoms with Crippen LogP contribution in [0.15, 0.2) is 0 Å². The summed E-state index contributed by atoms with van der Waals surface area (Å²) in [5.41, 5.74) is 7.99. The molecule has 1 rings (SSSR count). The lowest BCUT2D eigenvalue weighted by atomic mass is 10.3. The predicted octanol–water partition coefficient (Wildman–Crippen LogP) is 0.799. The number of aromatic nitrogens is 2. The van der Waals surface area contributed by atoms with Gasteiger partial charge in [0.2, 0.25) is 11.9 Å². The predicted molar refractivity (Wildman–Crippen MR) is 35.8 cm³/mol. The summed E-state index contributed by atoms with van der Waals surface area (Å²) in [6, 6.07) is 0. The molecule has 4 N–H and O–H groups in total. The maximum absolute atomic E-state index is 12.6. The van der Waals surface area contributed by atoms with Crippen LogP contribution in [0, 0.1) is 5.95 Å². The highest BCUT2D eigenvalue weighted by molar-refractivity contribution is 5.43. The van der Waals surface area contributed by atoms with Crippen molar-refractivity contribution in [1.82, 2.24) is 9.97 Å². The van der Waals surface area contributed by atoms with E-state index in [0.29, 0.717) is 0 Å². The van der Waals surface area contributed by atoms with Crippen molar-refractivity contribution in [2.75, 3.05) is 11.5 Å². The number of nitrogens with zero attached hydrogens (tertiary/aromatic N) is 2. The van der Waals surface area contributed by atoms with Crippen LogP contribution in [0.4, 0.5) is 29.3 Å². The van der Waals surface area contributed by atoms with E-state index >= 15 is 0 Å². The second-order valence-corrected chi connectivity index (χ2v) is 2.13. The van der Waals surface area contributed by atoms with Crippen molar-refractivity contribution >= 4 is 11.8 Å². The quantitative estimate of drug-likeness (QED) is 0.475. The van der Waals surface area contributed by atoms with Crippen LogP contribution in [0.2, 0.25) is 0 Å². The fourth-order valence-corrected chi connectivity index (χ4v) is 0.729. The Bertz CT molecular complexity index is 311. The van der Waals surface area contributed by atoms with Gasteiger partial charge in [0.1, 0.15) is 5.82 Å². The highest BCUT2D eigenvalue weighted by atomic mass is 19.4. The zero-order valence-corrected chi connectivity index (χ0v) is 6.06. The maximum atomic E-state index is 12.6. The molecule has 1 aromatic rings. The van der Waals surface area contributed by atoms with Crippen LogP contribution < -0.4 is 11.5 Å². The molecule has 0 unspecified atom stereocenters. The molecule has 0 aliphatic carbocycles. The smallest absolute Gasteiger partial charge is 0.383 e. The Balaban J connectivity index is 3.38. The topological polar surface area (TPSA) is 77.8 Å². The summed E-state index contributed by atoms with van der Waals surface area (Å²) in [6.45, 7) is 0. The lowest BCUT2D eigenvalue weighted by Crippen LogP contribution is -2.16. The number of alkyl halides is 3. The monoisotopic (exact) mass is 196 g/mol. The Labute approximate surface area is 69.6 Å². The first kappa shape index (κ1) is 9.49. The van der Waals surface area contributed by atoms with Crippen molar-refractivity contribution in [2.45, 2.75) is 6.18 Å². The molecule has 0 atom stereocenters. The van der Waals surface area contributed by atoms with Gasteiger partial charge in [0, 0.05) is 0 Å². The molecule has 0 saturated heterocycles. The minimum atomic E-state index is -4.91. The molecule has 0 aliphatic rings. The third-order valence-corrected chi connectivity index (χ3v) is 1.19. The van der Waals surface area contributed by atoms with E-state index in [0.717, 1.165) is 0 Å². The van der Waals surface area contributed by atoms with Gasteiger partial charge in [-0.05, 0) is 0 Å². The van der Waals surface area contributed by atoms with Crippen LogP contribution in [0.1, 0.15) is 5.56 Å². The molecule has 0 aromatic carbocycles. The van der Waals surface area contributed by atoms with Crippen LogP contribution in [0.25, 0.3) is 0 Å². The van der Waals surface area contributed by atoms with Gasteiger partial charge in [-0.15, -0.1) is 0 Å². The first-order valence-electron chi connectivity index (χ1n) is 2.98. The summed E-state index contributed by atoms with van der Waals surface area (Å²) < 4.78 is 48.6. The average Bonchev–Trinajstić information content (AvgIpc) is 1.78. The maximum Gasteiger partial charge on any atom is 0.424 e. The summed E-state index contributed by atoms with van der Waals surface area (Å²) >= 11 is 0. The van der Waals surface area contributed by atoms with E-state index in [1.165, 1.54) is 0 Å². The molecule has 0 fully saturated rings. The van der Waals surface area contributed by atoms with E-state index in [1.54, 1.807) is 0 Å². The highest BCUT2D eigenvalue weighted by Crippen LogP contribution is 2.33. The zero-order valence-electron chi connectivity index (χ0n) is 6.06. The van der Waals surface area contributed by atoms with E-state index < -0.39 is 29.5 Å². The molecule has 0 radical (unpaired) electrons. The molecule has 0 bridgehead atoms.